The highest BCUT2D eigenvalue weighted by Gasteiger charge is 2.61. The van der Waals surface area contributed by atoms with E-state index < -0.39 is 20.4 Å². The van der Waals surface area contributed by atoms with E-state index in [1.165, 1.54) is 23.1 Å². The van der Waals surface area contributed by atoms with Crippen molar-refractivity contribution in [3.63, 3.8) is 0 Å². The van der Waals surface area contributed by atoms with E-state index in [2.05, 4.69) is 6.19 Å². The van der Waals surface area contributed by atoms with Crippen LogP contribution in [0.25, 0.3) is 0 Å². The van der Waals surface area contributed by atoms with Crippen LogP contribution < -0.4 is 9.88 Å². The second kappa shape index (κ2) is 7.17. The lowest BCUT2D eigenvalue weighted by Gasteiger charge is -2.60. The SMILES string of the molecule is Cc1cc(F)ccc1OC(C)(C)C(=N)N(C#N)C1C2CC3CC1CC(S(N)(=O)=O)(C3)C2. The van der Waals surface area contributed by atoms with Gasteiger partial charge in [-0.25, -0.2) is 17.9 Å². The molecule has 0 saturated heterocycles. The number of hydrogen-bond acceptors (Lipinski definition) is 5. The molecule has 4 fully saturated rings. The van der Waals surface area contributed by atoms with Gasteiger partial charge in [0.15, 0.2) is 17.6 Å². The molecule has 2 atom stereocenters. The number of ether oxygens (including phenoxy) is 1. The van der Waals surface area contributed by atoms with Crippen molar-refractivity contribution in [2.75, 3.05) is 0 Å². The molecule has 0 spiro atoms. The third-order valence-corrected chi connectivity index (χ3v) is 9.20. The van der Waals surface area contributed by atoms with E-state index in [0.717, 1.165) is 12.8 Å². The zero-order valence-corrected chi connectivity index (χ0v) is 18.9. The first-order chi connectivity index (χ1) is 14.4. The number of nitrogens with zero attached hydrogens (tertiary/aromatic N) is 2. The molecular weight excluding hydrogens is 419 g/mol. The van der Waals surface area contributed by atoms with Crippen molar-refractivity contribution in [2.45, 2.75) is 69.3 Å². The Morgan fingerprint density at radius 2 is 1.94 bits per heavy atom. The van der Waals surface area contributed by atoms with Crippen LogP contribution in [-0.2, 0) is 10.0 Å². The molecule has 0 radical (unpaired) electrons. The number of benzene rings is 1. The number of sulfonamides is 1. The maximum Gasteiger partial charge on any atom is 0.214 e. The topological polar surface area (TPSA) is 120 Å². The normalized spacial score (nSPS) is 31.9. The van der Waals surface area contributed by atoms with Crippen LogP contribution in [-0.4, -0.2) is 35.5 Å². The van der Waals surface area contributed by atoms with Gasteiger partial charge in [0.05, 0.1) is 10.8 Å². The van der Waals surface area contributed by atoms with Crippen molar-refractivity contribution >= 4 is 15.9 Å². The Morgan fingerprint density at radius 3 is 2.45 bits per heavy atom. The summed E-state index contributed by atoms with van der Waals surface area (Å²) in [6.45, 7) is 5.15. The summed E-state index contributed by atoms with van der Waals surface area (Å²) in [5.41, 5.74) is -0.529. The van der Waals surface area contributed by atoms with Gasteiger partial charge < -0.3 is 4.74 Å². The first-order valence-electron chi connectivity index (χ1n) is 10.6. The standard InChI is InChI=1S/C22H29FN4O3S/c1-13-6-17(23)4-5-18(13)30-21(2,3)20(25)27(12-24)19-15-7-14-8-16(19)11-22(9-14,10-15)31(26,28)29/h4-6,14-16,19,25H,7-11H2,1-3H3,(H2,26,28,29). The molecule has 0 aromatic heterocycles. The second-order valence-electron chi connectivity index (χ2n) is 10.0. The van der Waals surface area contributed by atoms with Crippen LogP contribution in [0.4, 0.5) is 4.39 Å². The van der Waals surface area contributed by atoms with Gasteiger partial charge >= 0.3 is 0 Å². The molecule has 1 aromatic rings. The van der Waals surface area contributed by atoms with E-state index >= 15 is 0 Å². The van der Waals surface area contributed by atoms with Gasteiger partial charge in [-0.3, -0.25) is 10.3 Å². The molecule has 4 bridgehead atoms. The van der Waals surface area contributed by atoms with Gasteiger partial charge in [-0.1, -0.05) is 0 Å². The van der Waals surface area contributed by atoms with E-state index in [1.807, 2.05) is 0 Å². The Kier molecular flexibility index (Phi) is 5.10. The molecule has 4 saturated carbocycles. The van der Waals surface area contributed by atoms with Crippen LogP contribution in [0.1, 0.15) is 51.5 Å². The van der Waals surface area contributed by atoms with Crippen molar-refractivity contribution in [1.82, 2.24) is 4.90 Å². The average molecular weight is 449 g/mol. The summed E-state index contributed by atoms with van der Waals surface area (Å²) in [7, 11) is -3.69. The molecule has 0 aliphatic heterocycles. The number of nitrogens with one attached hydrogen (secondary N) is 1. The monoisotopic (exact) mass is 448 g/mol. The fourth-order valence-corrected chi connectivity index (χ4v) is 7.66. The van der Waals surface area contributed by atoms with Gasteiger partial charge in [-0.05, 0) is 94.4 Å². The maximum atomic E-state index is 13.4. The van der Waals surface area contributed by atoms with Crippen LogP contribution in [0.2, 0.25) is 0 Å². The molecule has 4 aliphatic carbocycles. The zero-order chi connectivity index (χ0) is 22.8. The summed E-state index contributed by atoms with van der Waals surface area (Å²) < 4.78 is 43.4. The smallest absolute Gasteiger partial charge is 0.214 e. The Morgan fingerprint density at radius 1 is 1.32 bits per heavy atom. The number of hydrogen-bond donors (Lipinski definition) is 2. The molecular formula is C22H29FN4O3S. The lowest BCUT2D eigenvalue weighted by molar-refractivity contribution is -0.0245. The molecule has 4 aliphatic rings. The summed E-state index contributed by atoms with van der Waals surface area (Å²) in [5, 5.41) is 24.5. The minimum absolute atomic E-state index is 0.00654. The van der Waals surface area contributed by atoms with Crippen LogP contribution in [0.15, 0.2) is 18.2 Å². The number of aryl methyl sites for hydroxylation is 1. The minimum atomic E-state index is -3.69. The predicted molar refractivity (Wildman–Crippen MR) is 114 cm³/mol. The Balaban J connectivity index is 1.59. The molecule has 5 rings (SSSR count). The molecule has 2 unspecified atom stereocenters. The van der Waals surface area contributed by atoms with E-state index in [4.69, 9.17) is 15.3 Å². The third kappa shape index (κ3) is 3.60. The molecule has 1 aromatic carbocycles. The molecule has 3 N–H and O–H groups in total. The zero-order valence-electron chi connectivity index (χ0n) is 18.1. The first kappa shape index (κ1) is 22.0. The highest BCUT2D eigenvalue weighted by atomic mass is 32.2. The van der Waals surface area contributed by atoms with Gasteiger partial charge in [0, 0.05) is 0 Å². The van der Waals surface area contributed by atoms with E-state index in [-0.39, 0.29) is 29.5 Å². The summed E-state index contributed by atoms with van der Waals surface area (Å²) >= 11 is 0. The van der Waals surface area contributed by atoms with Crippen LogP contribution in [0.3, 0.4) is 0 Å². The van der Waals surface area contributed by atoms with E-state index in [1.54, 1.807) is 20.8 Å². The molecule has 7 nitrogen and oxygen atoms in total. The van der Waals surface area contributed by atoms with Crippen molar-refractivity contribution in [2.24, 2.45) is 22.9 Å². The number of rotatable bonds is 5. The minimum Gasteiger partial charge on any atom is -0.480 e. The Bertz CT molecular complexity index is 1050. The Hall–Kier alpha value is -2.18. The fourth-order valence-electron chi connectivity index (χ4n) is 6.30. The fraction of sp³-hybridized carbons (Fsp3) is 0.636. The van der Waals surface area contributed by atoms with Crippen molar-refractivity contribution < 1.29 is 17.5 Å². The molecule has 9 heteroatoms. The number of nitrogens with two attached hydrogens (primary N) is 1. The summed E-state index contributed by atoms with van der Waals surface area (Å²) in [5.74, 6) is 0.385. The molecule has 31 heavy (non-hydrogen) atoms. The average Bonchev–Trinajstić information content (AvgIpc) is 2.65. The van der Waals surface area contributed by atoms with Crippen molar-refractivity contribution in [3.05, 3.63) is 29.6 Å². The summed E-state index contributed by atoms with van der Waals surface area (Å²) in [6.07, 6.45) is 5.36. The predicted octanol–water partition coefficient (Wildman–Crippen LogP) is 3.29. The largest absolute Gasteiger partial charge is 0.480 e. The van der Waals surface area contributed by atoms with Crippen LogP contribution >= 0.6 is 0 Å². The molecule has 0 heterocycles. The highest BCUT2D eigenvalue weighted by Crippen LogP contribution is 2.59. The molecule has 168 valence electrons. The van der Waals surface area contributed by atoms with Gasteiger partial charge in [0.25, 0.3) is 0 Å². The lowest BCUT2D eigenvalue weighted by Crippen LogP contribution is -2.66. The second-order valence-corrected chi connectivity index (χ2v) is 12.0. The number of halogens is 1. The van der Waals surface area contributed by atoms with Gasteiger partial charge in [-0.2, -0.15) is 5.26 Å². The summed E-state index contributed by atoms with van der Waals surface area (Å²) in [6, 6.07) is 3.95. The Labute approximate surface area is 182 Å². The van der Waals surface area contributed by atoms with Gasteiger partial charge in [0.2, 0.25) is 10.0 Å². The number of amidine groups is 1. The highest BCUT2D eigenvalue weighted by molar-refractivity contribution is 7.90. The lowest BCUT2D eigenvalue weighted by atomic mass is 9.53. The first-order valence-corrected chi connectivity index (χ1v) is 12.2. The number of primary sulfonamides is 1. The summed E-state index contributed by atoms with van der Waals surface area (Å²) in [4.78, 5) is 1.42. The third-order valence-electron chi connectivity index (χ3n) is 7.49. The van der Waals surface area contributed by atoms with E-state index in [0.29, 0.717) is 36.5 Å². The maximum absolute atomic E-state index is 13.4. The van der Waals surface area contributed by atoms with Crippen LogP contribution in [0.5, 0.6) is 5.75 Å². The van der Waals surface area contributed by atoms with Crippen molar-refractivity contribution in [1.29, 1.82) is 10.7 Å². The van der Waals surface area contributed by atoms with Gasteiger partial charge in [0.1, 0.15) is 11.6 Å². The van der Waals surface area contributed by atoms with Gasteiger partial charge in [-0.15, -0.1) is 0 Å². The quantitative estimate of drug-likeness (QED) is 0.310. The number of nitriles is 1. The molecule has 0 amide bonds. The van der Waals surface area contributed by atoms with Crippen molar-refractivity contribution in [3.8, 4) is 11.9 Å². The van der Waals surface area contributed by atoms with Crippen LogP contribution in [0, 0.1) is 47.4 Å². The van der Waals surface area contributed by atoms with E-state index in [9.17, 15) is 18.1 Å².